The van der Waals surface area contributed by atoms with Gasteiger partial charge in [-0.25, -0.2) is 4.79 Å². The summed E-state index contributed by atoms with van der Waals surface area (Å²) in [6, 6.07) is 6.88. The highest BCUT2D eigenvalue weighted by Gasteiger charge is 2.14. The smallest absolute Gasteiger partial charge is 0.399 e. The summed E-state index contributed by atoms with van der Waals surface area (Å²) in [6.07, 6.45) is 0. The Hall–Kier alpha value is -0.500. The number of hydrogen-bond acceptors (Lipinski definition) is 3. The molecule has 0 aliphatic rings. The van der Waals surface area contributed by atoms with Gasteiger partial charge in [0.1, 0.15) is 0 Å². The van der Waals surface area contributed by atoms with Gasteiger partial charge < -0.3 is 9.84 Å². The number of amides is 1. The average molecular weight is 308 g/mol. The maximum atomic E-state index is 11.2. The Morgan fingerprint density at radius 1 is 1.33 bits per heavy atom. The quantitative estimate of drug-likeness (QED) is 0.674. The van der Waals surface area contributed by atoms with Crippen molar-refractivity contribution in [3.8, 4) is 0 Å². The van der Waals surface area contributed by atoms with E-state index in [1.165, 1.54) is 0 Å². The molecule has 1 aromatic carbocycles. The normalized spacial score (nSPS) is 10.3. The van der Waals surface area contributed by atoms with Crippen LogP contribution in [0.3, 0.4) is 0 Å². The van der Waals surface area contributed by atoms with E-state index in [0.29, 0.717) is 5.69 Å². The lowest BCUT2D eigenvalue weighted by Gasteiger charge is -2.03. The van der Waals surface area contributed by atoms with Crippen LogP contribution in [0.25, 0.3) is 0 Å². The van der Waals surface area contributed by atoms with Crippen molar-refractivity contribution < 1.29 is 14.1 Å². The molecule has 1 N–H and O–H groups in total. The van der Waals surface area contributed by atoms with Gasteiger partial charge in [0.05, 0.1) is 8.50 Å². The molecular weight excluding hydrogens is 300 g/mol. The first-order valence-corrected chi connectivity index (χ1v) is 7.38. The predicted octanol–water partition coefficient (Wildman–Crippen LogP) is 2.31. The Morgan fingerprint density at radius 2 is 1.93 bits per heavy atom. The highest BCUT2D eigenvalue weighted by Crippen LogP contribution is 2.21. The molecule has 0 radical (unpaired) electrons. The fourth-order valence-electron chi connectivity index (χ4n) is 0.815. The lowest BCUT2D eigenvalue weighted by Crippen LogP contribution is -2.22. The third kappa shape index (κ3) is 4.25. The summed E-state index contributed by atoms with van der Waals surface area (Å²) in [5.74, 6) is -1.65. The van der Waals surface area contributed by atoms with Crippen LogP contribution >= 0.6 is 33.4 Å². The molecule has 0 saturated heterocycles. The first-order chi connectivity index (χ1) is 7.13. The number of carbonyl (C=O) groups is 2. The number of carbonyl (C=O) groups excluding carboxylic acids is 2. The number of nitrogens with one attached hydrogen (secondary N) is 1. The minimum Gasteiger partial charge on any atom is -0.437 e. The second-order valence-electron chi connectivity index (χ2n) is 2.47. The number of benzene rings is 1. The van der Waals surface area contributed by atoms with Gasteiger partial charge in [-0.15, -0.1) is 0 Å². The zero-order valence-electron chi connectivity index (χ0n) is 7.49. The van der Waals surface area contributed by atoms with Gasteiger partial charge in [0.2, 0.25) is 0 Å². The molecule has 0 aromatic heterocycles. The van der Waals surface area contributed by atoms with Crippen molar-refractivity contribution in [1.82, 2.24) is 0 Å². The Bertz CT molecular complexity index is 369. The van der Waals surface area contributed by atoms with Gasteiger partial charge in [-0.05, 0) is 24.3 Å². The number of anilines is 1. The minimum atomic E-state index is -0.883. The number of hydrogen-bond donors (Lipinski definition) is 1. The van der Waals surface area contributed by atoms with E-state index < -0.39 is 11.9 Å². The standard InChI is InChI=1S/C8H8BrNO3P2/c9-5-1-3-6(4-2-5)10-7(11)8(12)13-15-14/h1-4,15H,14H2,(H,10,11). The van der Waals surface area contributed by atoms with Crippen molar-refractivity contribution in [3.05, 3.63) is 28.7 Å². The molecule has 1 aromatic rings. The third-order valence-electron chi connectivity index (χ3n) is 1.44. The lowest BCUT2D eigenvalue weighted by atomic mass is 10.3. The van der Waals surface area contributed by atoms with Gasteiger partial charge >= 0.3 is 11.9 Å². The molecule has 4 nitrogen and oxygen atoms in total. The van der Waals surface area contributed by atoms with Crippen LogP contribution in [0.4, 0.5) is 5.69 Å². The Balaban J connectivity index is 2.58. The largest absolute Gasteiger partial charge is 0.437 e. The number of halogens is 1. The first kappa shape index (κ1) is 12.6. The Labute approximate surface area is 99.2 Å². The predicted molar refractivity (Wildman–Crippen MR) is 66.9 cm³/mol. The molecule has 2 atom stereocenters. The molecule has 0 fully saturated rings. The summed E-state index contributed by atoms with van der Waals surface area (Å²) in [4.78, 5) is 22.1. The van der Waals surface area contributed by atoms with E-state index in [0.717, 1.165) is 4.47 Å². The maximum Gasteiger partial charge on any atom is 0.399 e. The summed E-state index contributed by atoms with van der Waals surface area (Å²) < 4.78 is 5.43. The van der Waals surface area contributed by atoms with E-state index >= 15 is 0 Å². The molecule has 80 valence electrons. The van der Waals surface area contributed by atoms with E-state index in [-0.39, 0.29) is 8.50 Å². The zero-order chi connectivity index (χ0) is 11.3. The molecule has 0 bridgehead atoms. The lowest BCUT2D eigenvalue weighted by molar-refractivity contribution is -0.144. The van der Waals surface area contributed by atoms with Crippen LogP contribution < -0.4 is 5.32 Å². The fourth-order valence-corrected chi connectivity index (χ4v) is 1.60. The van der Waals surface area contributed by atoms with Crippen LogP contribution in [-0.2, 0) is 14.1 Å². The van der Waals surface area contributed by atoms with Gasteiger partial charge in [-0.1, -0.05) is 24.9 Å². The summed E-state index contributed by atoms with van der Waals surface area (Å²) >= 11 is 3.26. The third-order valence-corrected chi connectivity index (χ3v) is 2.62. The van der Waals surface area contributed by atoms with Crippen LogP contribution in [0.5, 0.6) is 0 Å². The fraction of sp³-hybridized carbons (Fsp3) is 0. The van der Waals surface area contributed by atoms with Crippen LogP contribution in [0.1, 0.15) is 0 Å². The van der Waals surface area contributed by atoms with Crippen molar-refractivity contribution in [2.75, 3.05) is 5.32 Å². The summed E-state index contributed by atoms with van der Waals surface area (Å²) in [5.41, 5.74) is 0.548. The number of rotatable bonds is 2. The molecule has 7 heteroatoms. The molecule has 0 spiro atoms. The summed E-state index contributed by atoms with van der Waals surface area (Å²) in [6.45, 7) is 0. The van der Waals surface area contributed by atoms with Crippen molar-refractivity contribution in [1.29, 1.82) is 0 Å². The molecule has 0 heterocycles. The van der Waals surface area contributed by atoms with Crippen LogP contribution in [0.2, 0.25) is 0 Å². The summed E-state index contributed by atoms with van der Waals surface area (Å²) in [7, 11) is 2.11. The van der Waals surface area contributed by atoms with E-state index in [1.807, 2.05) is 0 Å². The van der Waals surface area contributed by atoms with Gasteiger partial charge in [0, 0.05) is 10.2 Å². The summed E-state index contributed by atoms with van der Waals surface area (Å²) in [5, 5.41) is 2.41. The van der Waals surface area contributed by atoms with Crippen molar-refractivity contribution in [2.45, 2.75) is 0 Å². The maximum absolute atomic E-state index is 11.2. The molecule has 1 amide bonds. The average Bonchev–Trinajstić information content (AvgIpc) is 2.22. The van der Waals surface area contributed by atoms with E-state index in [2.05, 4.69) is 34.7 Å². The highest BCUT2D eigenvalue weighted by molar-refractivity contribution is 9.10. The van der Waals surface area contributed by atoms with Crippen molar-refractivity contribution >= 4 is 50.9 Å². The van der Waals surface area contributed by atoms with Crippen molar-refractivity contribution in [2.24, 2.45) is 0 Å². The molecule has 1 rings (SSSR count). The minimum absolute atomic E-state index is 0.112. The second-order valence-corrected chi connectivity index (χ2v) is 4.53. The van der Waals surface area contributed by atoms with Gasteiger partial charge in [-0.3, -0.25) is 4.79 Å². The Kier molecular flexibility index (Phi) is 5.16. The van der Waals surface area contributed by atoms with E-state index in [9.17, 15) is 9.59 Å². The Morgan fingerprint density at radius 3 is 2.47 bits per heavy atom. The van der Waals surface area contributed by atoms with E-state index in [1.54, 1.807) is 24.3 Å². The van der Waals surface area contributed by atoms with Crippen LogP contribution in [-0.4, -0.2) is 11.9 Å². The van der Waals surface area contributed by atoms with Crippen LogP contribution in [0.15, 0.2) is 28.7 Å². The monoisotopic (exact) mass is 307 g/mol. The molecule has 0 saturated carbocycles. The SMILES string of the molecule is O=C(Nc1ccc(Br)cc1)C(=O)OPP. The van der Waals surface area contributed by atoms with Gasteiger partial charge in [0.25, 0.3) is 0 Å². The van der Waals surface area contributed by atoms with Gasteiger partial charge in [0.15, 0.2) is 0 Å². The molecule has 2 unspecified atom stereocenters. The highest BCUT2D eigenvalue weighted by atomic mass is 79.9. The van der Waals surface area contributed by atoms with Crippen molar-refractivity contribution in [3.63, 3.8) is 0 Å². The first-order valence-electron chi connectivity index (χ1n) is 3.87. The zero-order valence-corrected chi connectivity index (χ0v) is 11.2. The van der Waals surface area contributed by atoms with Crippen LogP contribution in [0, 0.1) is 0 Å². The molecule has 15 heavy (non-hydrogen) atoms. The van der Waals surface area contributed by atoms with Gasteiger partial charge in [-0.2, -0.15) is 0 Å². The van der Waals surface area contributed by atoms with E-state index in [4.69, 9.17) is 0 Å². The molecular formula is C8H8BrNO3P2. The molecule has 0 aliphatic carbocycles. The second kappa shape index (κ2) is 6.16. The topological polar surface area (TPSA) is 55.4 Å². The molecule has 0 aliphatic heterocycles.